The van der Waals surface area contributed by atoms with Crippen LogP contribution in [0.5, 0.6) is 0 Å². The maximum Gasteiger partial charge on any atom is 0.294 e. The van der Waals surface area contributed by atoms with Crippen LogP contribution in [0.3, 0.4) is 0 Å². The monoisotopic (exact) mass is 469 g/mol. The number of aromatic amines is 1. The zero-order valence-electron chi connectivity index (χ0n) is 17.7. The first-order chi connectivity index (χ1) is 15.1. The lowest BCUT2D eigenvalue weighted by Crippen LogP contribution is -2.07. The maximum absolute atomic E-state index is 13.0. The summed E-state index contributed by atoms with van der Waals surface area (Å²) in [4.78, 5) is 3.42. The molecule has 0 fully saturated rings. The fourth-order valence-corrected chi connectivity index (χ4v) is 6.18. The van der Waals surface area contributed by atoms with Gasteiger partial charge in [-0.15, -0.1) is 0 Å². The van der Waals surface area contributed by atoms with Gasteiger partial charge >= 0.3 is 0 Å². The number of aryl methyl sites for hydroxylation is 2. The van der Waals surface area contributed by atoms with Crippen molar-refractivity contribution in [1.82, 2.24) is 4.98 Å². The molecule has 4 rings (SSSR count). The number of hydrogen-bond acceptors (Lipinski definition) is 4. The minimum Gasteiger partial charge on any atom is -0.360 e. The Morgan fingerprint density at radius 2 is 1.56 bits per heavy atom. The molecule has 32 heavy (non-hydrogen) atoms. The highest BCUT2D eigenvalue weighted by atomic mass is 32.2. The average Bonchev–Trinajstić information content (AvgIpc) is 3.18. The molecule has 1 aromatic heterocycles. The van der Waals surface area contributed by atoms with E-state index in [0.717, 1.165) is 16.7 Å². The highest BCUT2D eigenvalue weighted by Crippen LogP contribution is 2.30. The molecule has 3 aromatic carbocycles. The van der Waals surface area contributed by atoms with Crippen molar-refractivity contribution >= 4 is 30.9 Å². The molecule has 0 spiro atoms. The Labute approximate surface area is 187 Å². The van der Waals surface area contributed by atoms with Crippen molar-refractivity contribution in [3.8, 4) is 0 Å². The van der Waals surface area contributed by atoms with Gasteiger partial charge in [-0.25, -0.2) is 8.42 Å². The predicted molar refractivity (Wildman–Crippen MR) is 123 cm³/mol. The second-order valence-electron chi connectivity index (χ2n) is 7.81. The number of hydrogen-bond donors (Lipinski definition) is 2. The van der Waals surface area contributed by atoms with Gasteiger partial charge in [0.15, 0.2) is 0 Å². The normalized spacial score (nSPS) is 12.3. The number of nitrogens with one attached hydrogen (secondary N) is 1. The molecular formula is C24H23NO5S2. The highest BCUT2D eigenvalue weighted by Gasteiger charge is 2.22. The summed E-state index contributed by atoms with van der Waals surface area (Å²) in [6.07, 6.45) is 2.45. The number of aromatic nitrogens is 1. The number of fused-ring (bicyclic) bond motifs is 1. The van der Waals surface area contributed by atoms with E-state index in [9.17, 15) is 21.4 Å². The molecule has 4 aromatic rings. The summed E-state index contributed by atoms with van der Waals surface area (Å²) in [7, 11) is -7.97. The Bertz CT molecular complexity index is 1520. The van der Waals surface area contributed by atoms with Crippen molar-refractivity contribution < 1.29 is 21.4 Å². The van der Waals surface area contributed by atoms with Gasteiger partial charge < -0.3 is 4.98 Å². The number of rotatable bonds is 6. The topological polar surface area (TPSA) is 104 Å². The molecule has 0 radical (unpaired) electrons. The summed E-state index contributed by atoms with van der Waals surface area (Å²) in [5, 5.41) is 0.600. The molecule has 0 aliphatic carbocycles. The van der Waals surface area contributed by atoms with Crippen LogP contribution in [0.4, 0.5) is 0 Å². The molecule has 0 aliphatic rings. The first-order valence-electron chi connectivity index (χ1n) is 10.1. The molecule has 1 heterocycles. The van der Waals surface area contributed by atoms with E-state index in [0.29, 0.717) is 29.3 Å². The molecule has 0 unspecified atom stereocenters. The highest BCUT2D eigenvalue weighted by molar-refractivity contribution is 7.91. The van der Waals surface area contributed by atoms with Crippen LogP contribution in [0.15, 0.2) is 81.5 Å². The van der Waals surface area contributed by atoms with E-state index in [1.807, 2.05) is 26.0 Å². The molecule has 0 atom stereocenters. The van der Waals surface area contributed by atoms with Gasteiger partial charge in [0.2, 0.25) is 9.84 Å². The zero-order chi connectivity index (χ0) is 23.1. The van der Waals surface area contributed by atoms with Crippen LogP contribution >= 0.6 is 0 Å². The SMILES string of the molecule is Cc1ccc(S(=O)(=O)O)c(CCc2ccc3c(S(=O)(=O)c4ccccc4)c[nH]c3c2)c1C. The van der Waals surface area contributed by atoms with Gasteiger partial charge in [-0.2, -0.15) is 8.42 Å². The van der Waals surface area contributed by atoms with E-state index in [-0.39, 0.29) is 14.7 Å². The molecule has 6 nitrogen and oxygen atoms in total. The minimum absolute atomic E-state index is 0.0715. The van der Waals surface area contributed by atoms with Crippen molar-refractivity contribution in [3.63, 3.8) is 0 Å². The van der Waals surface area contributed by atoms with Crippen LogP contribution in [0.1, 0.15) is 22.3 Å². The average molecular weight is 470 g/mol. The van der Waals surface area contributed by atoms with Crippen LogP contribution in [-0.2, 0) is 32.8 Å². The van der Waals surface area contributed by atoms with Gasteiger partial charge in [-0.3, -0.25) is 4.55 Å². The molecule has 0 amide bonds. The molecule has 166 valence electrons. The van der Waals surface area contributed by atoms with E-state index in [4.69, 9.17) is 0 Å². The zero-order valence-corrected chi connectivity index (χ0v) is 19.3. The number of H-pyrrole nitrogens is 1. The van der Waals surface area contributed by atoms with E-state index in [1.54, 1.807) is 42.5 Å². The third-order valence-electron chi connectivity index (χ3n) is 5.82. The van der Waals surface area contributed by atoms with Gasteiger partial charge in [-0.1, -0.05) is 36.4 Å². The Hall–Kier alpha value is -2.94. The summed E-state index contributed by atoms with van der Waals surface area (Å²) in [6.45, 7) is 3.74. The van der Waals surface area contributed by atoms with Gasteiger partial charge in [0.25, 0.3) is 10.1 Å². The quantitative estimate of drug-likeness (QED) is 0.400. The molecule has 0 bridgehead atoms. The smallest absolute Gasteiger partial charge is 0.294 e. The lowest BCUT2D eigenvalue weighted by molar-refractivity contribution is 0.482. The van der Waals surface area contributed by atoms with E-state index in [1.165, 1.54) is 12.3 Å². The summed E-state index contributed by atoms with van der Waals surface area (Å²) in [5.74, 6) is 0. The fraction of sp³-hybridized carbons (Fsp3) is 0.167. The minimum atomic E-state index is -4.32. The van der Waals surface area contributed by atoms with Gasteiger partial charge in [0, 0.05) is 17.1 Å². The Morgan fingerprint density at radius 3 is 2.25 bits per heavy atom. The molecule has 2 N–H and O–H groups in total. The van der Waals surface area contributed by atoms with E-state index < -0.39 is 20.0 Å². The lowest BCUT2D eigenvalue weighted by atomic mass is 9.97. The van der Waals surface area contributed by atoms with Crippen LogP contribution in [0, 0.1) is 13.8 Å². The summed E-state index contributed by atoms with van der Waals surface area (Å²) >= 11 is 0. The predicted octanol–water partition coefficient (Wildman–Crippen LogP) is 4.65. The first-order valence-corrected chi connectivity index (χ1v) is 13.0. The second kappa shape index (κ2) is 8.20. The van der Waals surface area contributed by atoms with Crippen molar-refractivity contribution in [2.45, 2.75) is 41.4 Å². The fourth-order valence-electron chi connectivity index (χ4n) is 3.92. The van der Waals surface area contributed by atoms with E-state index in [2.05, 4.69) is 4.98 Å². The molecule has 0 saturated heterocycles. The Kier molecular flexibility index (Phi) is 5.70. The third kappa shape index (κ3) is 4.09. The molecule has 0 saturated carbocycles. The first kappa shape index (κ1) is 22.3. The largest absolute Gasteiger partial charge is 0.360 e. The van der Waals surface area contributed by atoms with Crippen LogP contribution < -0.4 is 0 Å². The molecule has 0 aliphatic heterocycles. The van der Waals surface area contributed by atoms with Crippen molar-refractivity contribution in [2.24, 2.45) is 0 Å². The number of benzene rings is 3. The van der Waals surface area contributed by atoms with E-state index >= 15 is 0 Å². The van der Waals surface area contributed by atoms with Gasteiger partial charge in [0.1, 0.15) is 0 Å². The van der Waals surface area contributed by atoms with Crippen LogP contribution in [0.2, 0.25) is 0 Å². The van der Waals surface area contributed by atoms with Crippen molar-refractivity contribution in [3.05, 3.63) is 89.1 Å². The maximum atomic E-state index is 13.0. The van der Waals surface area contributed by atoms with Gasteiger partial charge in [0.05, 0.1) is 14.7 Å². The molecular weight excluding hydrogens is 446 g/mol. The van der Waals surface area contributed by atoms with Crippen molar-refractivity contribution in [2.75, 3.05) is 0 Å². The second-order valence-corrected chi connectivity index (χ2v) is 11.1. The summed E-state index contributed by atoms with van der Waals surface area (Å²) in [5.41, 5.74) is 3.98. The lowest BCUT2D eigenvalue weighted by Gasteiger charge is -2.13. The van der Waals surface area contributed by atoms with Crippen LogP contribution in [0.25, 0.3) is 10.9 Å². The summed E-state index contributed by atoms with van der Waals surface area (Å²) < 4.78 is 59.2. The standard InChI is InChI=1S/C24H23NO5S2/c1-16-8-13-23(32(28,29)30)20(17(16)2)11-9-18-10-12-21-22(14-18)25-15-24(21)31(26,27)19-6-4-3-5-7-19/h3-8,10,12-15,25H,9,11H2,1-2H3,(H,28,29,30). The number of sulfone groups is 1. The summed E-state index contributed by atoms with van der Waals surface area (Å²) in [6, 6.07) is 16.9. The van der Waals surface area contributed by atoms with Gasteiger partial charge in [-0.05, 0) is 73.2 Å². The molecule has 8 heteroatoms. The Balaban J connectivity index is 1.66. The third-order valence-corrected chi connectivity index (χ3v) is 8.57. The van der Waals surface area contributed by atoms with Crippen molar-refractivity contribution in [1.29, 1.82) is 0 Å². The van der Waals surface area contributed by atoms with Crippen LogP contribution in [-0.4, -0.2) is 26.4 Å². The Morgan fingerprint density at radius 1 is 0.844 bits per heavy atom.